The van der Waals surface area contributed by atoms with Gasteiger partial charge in [-0.3, -0.25) is 9.59 Å². The molecule has 1 saturated heterocycles. The number of carbonyl (C=O) groups is 2. The van der Waals surface area contributed by atoms with E-state index in [1.54, 1.807) is 0 Å². The highest BCUT2D eigenvalue weighted by Crippen LogP contribution is 2.48. The molecule has 0 spiro atoms. The van der Waals surface area contributed by atoms with Crippen molar-refractivity contribution in [2.75, 3.05) is 26.2 Å². The van der Waals surface area contributed by atoms with Gasteiger partial charge in [0.1, 0.15) is 0 Å². The normalized spacial score (nSPS) is 29.8. The van der Waals surface area contributed by atoms with E-state index >= 15 is 0 Å². The summed E-state index contributed by atoms with van der Waals surface area (Å²) in [5, 5.41) is 0. The van der Waals surface area contributed by atoms with Crippen LogP contribution in [0.2, 0.25) is 0 Å². The average Bonchev–Trinajstić information content (AvgIpc) is 3.25. The lowest BCUT2D eigenvalue weighted by atomic mass is 9.87. The zero-order chi connectivity index (χ0) is 15.8. The van der Waals surface area contributed by atoms with E-state index < -0.39 is 0 Å². The van der Waals surface area contributed by atoms with E-state index in [1.165, 1.54) is 19.3 Å². The largest absolute Gasteiger partial charge is 0.339 e. The van der Waals surface area contributed by atoms with Gasteiger partial charge in [0.05, 0.1) is 0 Å². The Hall–Kier alpha value is -1.84. The lowest BCUT2D eigenvalue weighted by Gasteiger charge is -2.37. The molecule has 3 aliphatic rings. The maximum atomic E-state index is 12.8. The van der Waals surface area contributed by atoms with Crippen LogP contribution in [0, 0.1) is 17.8 Å². The molecule has 0 aromatic heterocycles. The van der Waals surface area contributed by atoms with E-state index in [1.807, 2.05) is 40.1 Å². The van der Waals surface area contributed by atoms with Crippen molar-refractivity contribution in [1.82, 2.24) is 9.80 Å². The van der Waals surface area contributed by atoms with Crippen LogP contribution >= 0.6 is 0 Å². The average molecular weight is 312 g/mol. The minimum atomic E-state index is 0.0811. The number of fused-ring (bicyclic) bond motifs is 2. The van der Waals surface area contributed by atoms with Gasteiger partial charge >= 0.3 is 0 Å². The quantitative estimate of drug-likeness (QED) is 0.841. The summed E-state index contributed by atoms with van der Waals surface area (Å²) in [6, 6.07) is 9.41. The lowest BCUT2D eigenvalue weighted by molar-refractivity contribution is -0.138. The second kappa shape index (κ2) is 5.99. The number of hydrogen-bond donors (Lipinski definition) is 0. The molecule has 1 aromatic rings. The maximum Gasteiger partial charge on any atom is 0.253 e. The fraction of sp³-hybridized carbons (Fsp3) is 0.579. The molecule has 3 atom stereocenters. The van der Waals surface area contributed by atoms with Crippen molar-refractivity contribution in [1.29, 1.82) is 0 Å². The summed E-state index contributed by atoms with van der Waals surface area (Å²) in [7, 11) is 0. The molecule has 122 valence electrons. The van der Waals surface area contributed by atoms with Crippen LogP contribution in [0.15, 0.2) is 30.3 Å². The van der Waals surface area contributed by atoms with Crippen molar-refractivity contribution in [2.24, 2.45) is 17.8 Å². The first-order chi connectivity index (χ1) is 11.2. The van der Waals surface area contributed by atoms with Gasteiger partial charge in [0, 0.05) is 37.7 Å². The number of piperazine rings is 1. The standard InChI is InChI=1S/C19H24N2O2/c22-18(15-4-2-1-3-5-15)20-8-10-21(11-9-20)19(23)17-13-14-6-7-16(17)12-14/h1-5,14,16-17H,6-13H2. The van der Waals surface area contributed by atoms with Crippen LogP contribution < -0.4 is 0 Å². The summed E-state index contributed by atoms with van der Waals surface area (Å²) < 4.78 is 0. The Labute approximate surface area is 137 Å². The molecule has 3 unspecified atom stereocenters. The topological polar surface area (TPSA) is 40.6 Å². The number of amides is 2. The number of hydrogen-bond acceptors (Lipinski definition) is 2. The predicted octanol–water partition coefficient (Wildman–Crippen LogP) is 2.41. The number of benzene rings is 1. The van der Waals surface area contributed by atoms with E-state index in [-0.39, 0.29) is 11.8 Å². The van der Waals surface area contributed by atoms with Crippen LogP contribution in [0.5, 0.6) is 0 Å². The molecule has 2 saturated carbocycles. The van der Waals surface area contributed by atoms with Gasteiger partial charge in [0.2, 0.25) is 5.91 Å². The van der Waals surface area contributed by atoms with Crippen molar-refractivity contribution in [3.63, 3.8) is 0 Å². The molecule has 4 nitrogen and oxygen atoms in total. The highest BCUT2D eigenvalue weighted by Gasteiger charge is 2.44. The molecule has 2 amide bonds. The molecule has 1 aliphatic heterocycles. The summed E-state index contributed by atoms with van der Waals surface area (Å²) >= 11 is 0. The molecular weight excluding hydrogens is 288 g/mol. The molecule has 3 fully saturated rings. The molecule has 0 radical (unpaired) electrons. The third-order valence-electron chi connectivity index (χ3n) is 5.95. The fourth-order valence-electron chi connectivity index (χ4n) is 4.67. The van der Waals surface area contributed by atoms with Crippen LogP contribution in [-0.4, -0.2) is 47.8 Å². The van der Waals surface area contributed by atoms with E-state index in [0.29, 0.717) is 38.0 Å². The summed E-state index contributed by atoms with van der Waals surface area (Å²) in [6.45, 7) is 2.68. The van der Waals surface area contributed by atoms with Crippen LogP contribution in [0.4, 0.5) is 0 Å². The Balaban J connectivity index is 1.34. The molecule has 4 heteroatoms. The summed E-state index contributed by atoms with van der Waals surface area (Å²) in [6.07, 6.45) is 4.94. The highest BCUT2D eigenvalue weighted by atomic mass is 16.2. The van der Waals surface area contributed by atoms with Crippen LogP contribution in [0.1, 0.15) is 36.0 Å². The van der Waals surface area contributed by atoms with Crippen LogP contribution in [0.25, 0.3) is 0 Å². The fourth-order valence-corrected chi connectivity index (χ4v) is 4.67. The Morgan fingerprint density at radius 3 is 2.17 bits per heavy atom. The van der Waals surface area contributed by atoms with Gasteiger partial charge in [-0.25, -0.2) is 0 Å². The van der Waals surface area contributed by atoms with Gasteiger partial charge < -0.3 is 9.80 Å². The van der Waals surface area contributed by atoms with Crippen molar-refractivity contribution in [3.05, 3.63) is 35.9 Å². The third-order valence-corrected chi connectivity index (χ3v) is 5.95. The minimum Gasteiger partial charge on any atom is -0.339 e. The van der Waals surface area contributed by atoms with Gasteiger partial charge in [0.25, 0.3) is 5.91 Å². The van der Waals surface area contributed by atoms with E-state index in [2.05, 4.69) is 0 Å². The number of nitrogens with zero attached hydrogens (tertiary/aromatic N) is 2. The summed E-state index contributed by atoms with van der Waals surface area (Å²) in [4.78, 5) is 29.1. The van der Waals surface area contributed by atoms with Crippen molar-refractivity contribution >= 4 is 11.8 Å². The monoisotopic (exact) mass is 312 g/mol. The molecule has 1 aromatic carbocycles. The molecule has 1 heterocycles. The van der Waals surface area contributed by atoms with E-state index in [9.17, 15) is 9.59 Å². The maximum absolute atomic E-state index is 12.8. The predicted molar refractivity (Wildman–Crippen MR) is 87.9 cm³/mol. The number of rotatable bonds is 2. The highest BCUT2D eigenvalue weighted by molar-refractivity contribution is 5.94. The first-order valence-corrected chi connectivity index (χ1v) is 8.85. The van der Waals surface area contributed by atoms with Gasteiger partial charge in [0.15, 0.2) is 0 Å². The molecular formula is C19H24N2O2. The van der Waals surface area contributed by atoms with Crippen molar-refractivity contribution < 1.29 is 9.59 Å². The second-order valence-electron chi connectivity index (χ2n) is 7.26. The first-order valence-electron chi connectivity index (χ1n) is 8.85. The molecule has 2 aliphatic carbocycles. The van der Waals surface area contributed by atoms with Gasteiger partial charge in [-0.15, -0.1) is 0 Å². The zero-order valence-electron chi connectivity index (χ0n) is 13.5. The first kappa shape index (κ1) is 14.7. The van der Waals surface area contributed by atoms with Crippen molar-refractivity contribution in [3.8, 4) is 0 Å². The van der Waals surface area contributed by atoms with E-state index in [4.69, 9.17) is 0 Å². The SMILES string of the molecule is O=C(c1ccccc1)N1CCN(C(=O)C2CC3CCC2C3)CC1. The van der Waals surface area contributed by atoms with Gasteiger partial charge in [-0.2, -0.15) is 0 Å². The Morgan fingerprint density at radius 1 is 0.870 bits per heavy atom. The lowest BCUT2D eigenvalue weighted by Crippen LogP contribution is -2.52. The third kappa shape index (κ3) is 2.75. The minimum absolute atomic E-state index is 0.0811. The molecule has 4 rings (SSSR count). The Kier molecular flexibility index (Phi) is 3.83. The van der Waals surface area contributed by atoms with Crippen LogP contribution in [-0.2, 0) is 4.79 Å². The molecule has 23 heavy (non-hydrogen) atoms. The number of carbonyl (C=O) groups excluding carboxylic acids is 2. The molecule has 0 N–H and O–H groups in total. The summed E-state index contributed by atoms with van der Waals surface area (Å²) in [5.74, 6) is 2.14. The second-order valence-corrected chi connectivity index (χ2v) is 7.26. The van der Waals surface area contributed by atoms with Crippen LogP contribution in [0.3, 0.4) is 0 Å². The molecule has 2 bridgehead atoms. The smallest absolute Gasteiger partial charge is 0.253 e. The van der Waals surface area contributed by atoms with E-state index in [0.717, 1.165) is 17.9 Å². The Morgan fingerprint density at radius 2 is 1.57 bits per heavy atom. The summed E-state index contributed by atoms with van der Waals surface area (Å²) in [5.41, 5.74) is 0.736. The van der Waals surface area contributed by atoms with Gasteiger partial charge in [-0.05, 0) is 43.2 Å². The zero-order valence-corrected chi connectivity index (χ0v) is 13.5. The Bertz CT molecular complexity index is 593. The van der Waals surface area contributed by atoms with Crippen molar-refractivity contribution in [2.45, 2.75) is 25.7 Å². The van der Waals surface area contributed by atoms with Gasteiger partial charge in [-0.1, -0.05) is 24.6 Å².